The maximum absolute atomic E-state index is 4.59. The zero-order chi connectivity index (χ0) is 17.0. The van der Waals surface area contributed by atoms with Crippen LogP contribution in [0.2, 0.25) is 0 Å². The van der Waals surface area contributed by atoms with E-state index in [9.17, 15) is 0 Å². The van der Waals surface area contributed by atoms with E-state index >= 15 is 0 Å². The highest BCUT2D eigenvalue weighted by molar-refractivity contribution is 5.60. The predicted molar refractivity (Wildman–Crippen MR) is 98.7 cm³/mol. The average molecular weight is 325 g/mol. The fraction of sp³-hybridized carbons (Fsp3) is 0.526. The van der Waals surface area contributed by atoms with E-state index in [1.807, 2.05) is 6.07 Å². The van der Waals surface area contributed by atoms with Crippen LogP contribution in [-0.2, 0) is 5.41 Å². The average Bonchev–Trinajstić information content (AvgIpc) is 2.56. The summed E-state index contributed by atoms with van der Waals surface area (Å²) in [6, 6.07) is 8.79. The molecule has 5 nitrogen and oxygen atoms in total. The molecule has 128 valence electrons. The summed E-state index contributed by atoms with van der Waals surface area (Å²) in [4.78, 5) is 4.59. The molecule has 0 amide bonds. The Balaban J connectivity index is 1.75. The van der Waals surface area contributed by atoms with Gasteiger partial charge >= 0.3 is 0 Å². The Hall–Kier alpha value is -2.17. The maximum atomic E-state index is 4.59. The molecule has 1 aliphatic rings. The largest absolute Gasteiger partial charge is 0.366 e. The fourth-order valence-corrected chi connectivity index (χ4v) is 3.25. The lowest BCUT2D eigenvalue weighted by molar-refractivity contribution is 0.461. The lowest BCUT2D eigenvalue weighted by Gasteiger charge is -2.24. The lowest BCUT2D eigenvalue weighted by Crippen LogP contribution is -2.23. The van der Waals surface area contributed by atoms with Gasteiger partial charge in [0.2, 0.25) is 5.95 Å². The van der Waals surface area contributed by atoms with Gasteiger partial charge in [0, 0.05) is 11.7 Å². The summed E-state index contributed by atoms with van der Waals surface area (Å²) in [6.45, 7) is 6.61. The first-order chi connectivity index (χ1) is 11.5. The third kappa shape index (κ3) is 4.22. The molecule has 3 rings (SSSR count). The van der Waals surface area contributed by atoms with Crippen LogP contribution in [0.1, 0.15) is 58.4 Å². The van der Waals surface area contributed by atoms with Crippen molar-refractivity contribution in [3.63, 3.8) is 0 Å². The number of nitrogens with zero attached hydrogens (tertiary/aromatic N) is 3. The van der Waals surface area contributed by atoms with Gasteiger partial charge in [-0.05, 0) is 29.9 Å². The maximum Gasteiger partial charge on any atom is 0.249 e. The van der Waals surface area contributed by atoms with Gasteiger partial charge in [-0.15, -0.1) is 5.10 Å². The zero-order valence-electron chi connectivity index (χ0n) is 14.8. The minimum Gasteiger partial charge on any atom is -0.366 e. The summed E-state index contributed by atoms with van der Waals surface area (Å²) >= 11 is 0. The zero-order valence-corrected chi connectivity index (χ0v) is 14.8. The van der Waals surface area contributed by atoms with Crippen molar-refractivity contribution in [3.05, 3.63) is 36.0 Å². The van der Waals surface area contributed by atoms with Crippen LogP contribution >= 0.6 is 0 Å². The standard InChI is InChI=1S/C19H27N5/c1-19(2,3)15-11-7-8-12-16(15)22-18-23-17(13-20-24-18)21-14-9-5-4-6-10-14/h7-8,11-14H,4-6,9-10H2,1-3H3,(H2,21,22,23,24). The Kier molecular flexibility index (Phi) is 4.97. The van der Waals surface area contributed by atoms with Gasteiger partial charge in [-0.3, -0.25) is 0 Å². The number of nitrogens with one attached hydrogen (secondary N) is 2. The molecule has 1 fully saturated rings. The van der Waals surface area contributed by atoms with Crippen LogP contribution < -0.4 is 10.6 Å². The molecule has 0 radical (unpaired) electrons. The molecular weight excluding hydrogens is 298 g/mol. The van der Waals surface area contributed by atoms with Crippen LogP contribution in [0.15, 0.2) is 30.5 Å². The number of hydrogen-bond acceptors (Lipinski definition) is 5. The van der Waals surface area contributed by atoms with Gasteiger partial charge in [0.05, 0.1) is 6.20 Å². The molecule has 0 atom stereocenters. The smallest absolute Gasteiger partial charge is 0.249 e. The molecule has 24 heavy (non-hydrogen) atoms. The van der Waals surface area contributed by atoms with Crippen LogP contribution in [0, 0.1) is 0 Å². The van der Waals surface area contributed by atoms with Crippen LogP contribution in [0.3, 0.4) is 0 Å². The van der Waals surface area contributed by atoms with E-state index in [1.165, 1.54) is 37.7 Å². The molecule has 1 aromatic heterocycles. The van der Waals surface area contributed by atoms with E-state index in [0.717, 1.165) is 11.5 Å². The molecule has 0 spiro atoms. The number of aromatic nitrogens is 3. The second kappa shape index (κ2) is 7.16. The first kappa shape index (κ1) is 16.7. The van der Waals surface area contributed by atoms with Gasteiger partial charge in [-0.25, -0.2) is 0 Å². The quantitative estimate of drug-likeness (QED) is 0.856. The number of para-hydroxylation sites is 1. The van der Waals surface area contributed by atoms with Crippen molar-refractivity contribution in [3.8, 4) is 0 Å². The van der Waals surface area contributed by atoms with E-state index in [2.05, 4.69) is 64.8 Å². The predicted octanol–water partition coefficient (Wildman–Crippen LogP) is 4.66. The van der Waals surface area contributed by atoms with Gasteiger partial charge in [-0.2, -0.15) is 10.1 Å². The van der Waals surface area contributed by atoms with Crippen molar-refractivity contribution in [1.29, 1.82) is 0 Å². The molecule has 0 aliphatic heterocycles. The molecule has 2 aromatic rings. The van der Waals surface area contributed by atoms with Crippen LogP contribution in [-0.4, -0.2) is 21.2 Å². The number of hydrogen-bond donors (Lipinski definition) is 2. The topological polar surface area (TPSA) is 62.7 Å². The molecule has 5 heteroatoms. The normalized spacial score (nSPS) is 16.0. The summed E-state index contributed by atoms with van der Waals surface area (Å²) in [5.74, 6) is 1.33. The van der Waals surface area contributed by atoms with Crippen molar-refractivity contribution >= 4 is 17.5 Å². The minimum absolute atomic E-state index is 0.0506. The van der Waals surface area contributed by atoms with Gasteiger partial charge in [-0.1, -0.05) is 58.2 Å². The third-order valence-electron chi connectivity index (χ3n) is 4.50. The first-order valence-electron chi connectivity index (χ1n) is 8.85. The fourth-order valence-electron chi connectivity index (χ4n) is 3.25. The van der Waals surface area contributed by atoms with Gasteiger partial charge in [0.15, 0.2) is 5.82 Å². The van der Waals surface area contributed by atoms with Gasteiger partial charge in [0.1, 0.15) is 0 Å². The minimum atomic E-state index is 0.0506. The first-order valence-corrected chi connectivity index (χ1v) is 8.85. The van der Waals surface area contributed by atoms with Crippen LogP contribution in [0.4, 0.5) is 17.5 Å². The Morgan fingerprint density at radius 3 is 2.54 bits per heavy atom. The monoisotopic (exact) mass is 325 g/mol. The van der Waals surface area contributed by atoms with E-state index < -0.39 is 0 Å². The van der Waals surface area contributed by atoms with Crippen LogP contribution in [0.5, 0.6) is 0 Å². The SMILES string of the molecule is CC(C)(C)c1ccccc1Nc1nncc(NC2CCCCC2)n1. The summed E-state index contributed by atoms with van der Waals surface area (Å²) in [6.07, 6.45) is 8.05. The Labute approximate surface area is 144 Å². The summed E-state index contributed by atoms with van der Waals surface area (Å²) in [5, 5.41) is 15.1. The van der Waals surface area contributed by atoms with Crippen molar-refractivity contribution in [2.75, 3.05) is 10.6 Å². The number of anilines is 3. The molecule has 0 unspecified atom stereocenters. The highest BCUT2D eigenvalue weighted by atomic mass is 15.3. The molecule has 2 N–H and O–H groups in total. The van der Waals surface area contributed by atoms with Gasteiger partial charge in [0.25, 0.3) is 0 Å². The molecule has 0 saturated heterocycles. The van der Waals surface area contributed by atoms with E-state index in [0.29, 0.717) is 12.0 Å². The van der Waals surface area contributed by atoms with Crippen molar-refractivity contribution < 1.29 is 0 Å². The Morgan fingerprint density at radius 1 is 1.04 bits per heavy atom. The molecule has 1 aliphatic carbocycles. The molecular formula is C19H27N5. The molecule has 0 bridgehead atoms. The molecule has 1 heterocycles. The van der Waals surface area contributed by atoms with Gasteiger partial charge < -0.3 is 10.6 Å². The van der Waals surface area contributed by atoms with Crippen molar-refractivity contribution in [1.82, 2.24) is 15.2 Å². The van der Waals surface area contributed by atoms with Crippen molar-refractivity contribution in [2.24, 2.45) is 0 Å². The molecule has 1 saturated carbocycles. The number of rotatable bonds is 4. The Bertz CT molecular complexity index is 671. The third-order valence-corrected chi connectivity index (χ3v) is 4.50. The number of benzene rings is 1. The highest BCUT2D eigenvalue weighted by Gasteiger charge is 2.18. The Morgan fingerprint density at radius 2 is 1.79 bits per heavy atom. The van der Waals surface area contributed by atoms with E-state index in [4.69, 9.17) is 0 Å². The van der Waals surface area contributed by atoms with E-state index in [1.54, 1.807) is 6.20 Å². The second-order valence-corrected chi connectivity index (χ2v) is 7.57. The summed E-state index contributed by atoms with van der Waals surface area (Å²) in [7, 11) is 0. The lowest BCUT2D eigenvalue weighted by atomic mass is 9.86. The van der Waals surface area contributed by atoms with Crippen LogP contribution in [0.25, 0.3) is 0 Å². The summed E-state index contributed by atoms with van der Waals surface area (Å²) in [5.41, 5.74) is 2.32. The highest BCUT2D eigenvalue weighted by Crippen LogP contribution is 2.30. The summed E-state index contributed by atoms with van der Waals surface area (Å²) < 4.78 is 0. The van der Waals surface area contributed by atoms with Crippen molar-refractivity contribution in [2.45, 2.75) is 64.3 Å². The van der Waals surface area contributed by atoms with E-state index in [-0.39, 0.29) is 5.41 Å². The second-order valence-electron chi connectivity index (χ2n) is 7.57. The molecule has 1 aromatic carbocycles.